The van der Waals surface area contributed by atoms with Crippen LogP contribution in [-0.4, -0.2) is 20.9 Å². The maximum Gasteiger partial charge on any atom is 0.273 e. The van der Waals surface area contributed by atoms with Gasteiger partial charge in [0.25, 0.3) is 5.56 Å². The minimum atomic E-state index is -0.347. The zero-order chi connectivity index (χ0) is 16.9. The van der Waals surface area contributed by atoms with Crippen molar-refractivity contribution >= 4 is 11.4 Å². The fourth-order valence-electron chi connectivity index (χ4n) is 2.32. The van der Waals surface area contributed by atoms with Crippen LogP contribution in [-0.2, 0) is 6.42 Å². The first kappa shape index (κ1) is 15.4. The molecule has 0 aliphatic carbocycles. The van der Waals surface area contributed by atoms with E-state index in [0.717, 1.165) is 5.56 Å². The number of hydrazone groups is 1. The van der Waals surface area contributed by atoms with Crippen LogP contribution in [0.2, 0.25) is 0 Å². The summed E-state index contributed by atoms with van der Waals surface area (Å²) in [5.41, 5.74) is 8.32. The van der Waals surface area contributed by atoms with Crippen LogP contribution in [0.5, 0.6) is 0 Å². The summed E-state index contributed by atoms with van der Waals surface area (Å²) in [6, 6.07) is 16.5. The van der Waals surface area contributed by atoms with Crippen molar-refractivity contribution in [3.8, 4) is 11.4 Å². The standard InChI is InChI=1S/C17H16N6O/c18-13-9-5-4-8-12(13)16-20-17(24)15(22-23-16)10-14(21-19)11-6-2-1-3-7-11/h1-9H,10,18-19H2,(H,20,23,24)/b21-14-. The number of H-pyrrole nitrogens is 1. The third-order valence-corrected chi connectivity index (χ3v) is 3.58. The molecule has 0 saturated carbocycles. The summed E-state index contributed by atoms with van der Waals surface area (Å²) in [5, 5.41) is 11.9. The second-order valence-electron chi connectivity index (χ2n) is 5.16. The van der Waals surface area contributed by atoms with Gasteiger partial charge in [-0.25, -0.2) is 0 Å². The summed E-state index contributed by atoms with van der Waals surface area (Å²) in [6.45, 7) is 0. The molecule has 1 heterocycles. The third-order valence-electron chi connectivity index (χ3n) is 3.58. The average molecular weight is 320 g/mol. The number of nitrogen functional groups attached to an aromatic ring is 1. The van der Waals surface area contributed by atoms with Crippen molar-refractivity contribution in [3.63, 3.8) is 0 Å². The number of nitrogens with two attached hydrogens (primary N) is 2. The SMILES string of the molecule is N/N=C(/Cc1nnc(-c2ccccc2N)[nH]c1=O)c1ccccc1. The van der Waals surface area contributed by atoms with Crippen LogP contribution < -0.4 is 17.1 Å². The van der Waals surface area contributed by atoms with Gasteiger partial charge in [0.15, 0.2) is 5.82 Å². The zero-order valence-corrected chi connectivity index (χ0v) is 12.8. The van der Waals surface area contributed by atoms with E-state index in [2.05, 4.69) is 20.3 Å². The molecule has 1 aromatic heterocycles. The van der Waals surface area contributed by atoms with Crippen LogP contribution in [0.15, 0.2) is 64.5 Å². The highest BCUT2D eigenvalue weighted by molar-refractivity contribution is 6.01. The first-order chi connectivity index (χ1) is 11.7. The number of benzene rings is 2. The molecule has 0 amide bonds. The Morgan fingerprint density at radius 1 is 1.04 bits per heavy atom. The highest BCUT2D eigenvalue weighted by atomic mass is 16.1. The molecule has 24 heavy (non-hydrogen) atoms. The number of hydrogen-bond donors (Lipinski definition) is 3. The van der Waals surface area contributed by atoms with Crippen molar-refractivity contribution < 1.29 is 0 Å². The molecule has 0 spiro atoms. The molecule has 3 rings (SSSR count). The minimum Gasteiger partial charge on any atom is -0.398 e. The quantitative estimate of drug-likeness (QED) is 0.289. The molecule has 0 aliphatic rings. The lowest BCUT2D eigenvalue weighted by Gasteiger charge is -2.06. The van der Waals surface area contributed by atoms with Crippen molar-refractivity contribution in [2.45, 2.75) is 6.42 Å². The van der Waals surface area contributed by atoms with E-state index in [9.17, 15) is 4.79 Å². The second-order valence-corrected chi connectivity index (χ2v) is 5.16. The van der Waals surface area contributed by atoms with Gasteiger partial charge >= 0.3 is 0 Å². The Morgan fingerprint density at radius 2 is 1.75 bits per heavy atom. The maximum absolute atomic E-state index is 12.3. The summed E-state index contributed by atoms with van der Waals surface area (Å²) in [7, 11) is 0. The minimum absolute atomic E-state index is 0.188. The summed E-state index contributed by atoms with van der Waals surface area (Å²) >= 11 is 0. The number of rotatable bonds is 4. The monoisotopic (exact) mass is 320 g/mol. The summed E-state index contributed by atoms with van der Waals surface area (Å²) in [4.78, 5) is 15.0. The molecule has 3 aromatic rings. The zero-order valence-electron chi connectivity index (χ0n) is 12.8. The van der Waals surface area contributed by atoms with E-state index in [1.165, 1.54) is 0 Å². The first-order valence-corrected chi connectivity index (χ1v) is 7.32. The van der Waals surface area contributed by atoms with Crippen LogP contribution in [0.1, 0.15) is 11.3 Å². The van der Waals surface area contributed by atoms with Crippen LogP contribution in [0.4, 0.5) is 5.69 Å². The van der Waals surface area contributed by atoms with Gasteiger partial charge in [0, 0.05) is 17.7 Å². The number of para-hydroxylation sites is 1. The average Bonchev–Trinajstić information content (AvgIpc) is 2.62. The van der Waals surface area contributed by atoms with Gasteiger partial charge in [0.1, 0.15) is 5.69 Å². The van der Waals surface area contributed by atoms with Crippen LogP contribution in [0.25, 0.3) is 11.4 Å². The number of hydrogen-bond acceptors (Lipinski definition) is 6. The van der Waals surface area contributed by atoms with Crippen molar-refractivity contribution in [1.82, 2.24) is 15.2 Å². The van der Waals surface area contributed by atoms with Gasteiger partial charge in [0.2, 0.25) is 0 Å². The Balaban J connectivity index is 1.91. The molecule has 0 unspecified atom stereocenters. The van der Waals surface area contributed by atoms with Gasteiger partial charge in [0.05, 0.1) is 5.71 Å². The van der Waals surface area contributed by atoms with Gasteiger partial charge in [-0.05, 0) is 17.7 Å². The largest absolute Gasteiger partial charge is 0.398 e. The molecule has 0 fully saturated rings. The molecular weight excluding hydrogens is 304 g/mol. The molecule has 120 valence electrons. The predicted molar refractivity (Wildman–Crippen MR) is 93.4 cm³/mol. The number of nitrogens with zero attached hydrogens (tertiary/aromatic N) is 3. The van der Waals surface area contributed by atoms with E-state index in [1.54, 1.807) is 12.1 Å². The van der Waals surface area contributed by atoms with Crippen LogP contribution in [0.3, 0.4) is 0 Å². The Hall–Kier alpha value is -3.48. The van der Waals surface area contributed by atoms with E-state index in [0.29, 0.717) is 22.8 Å². The highest BCUT2D eigenvalue weighted by Gasteiger charge is 2.12. The van der Waals surface area contributed by atoms with Crippen LogP contribution >= 0.6 is 0 Å². The lowest BCUT2D eigenvalue weighted by molar-refractivity contribution is 0.889. The predicted octanol–water partition coefficient (Wildman–Crippen LogP) is 1.32. The van der Waals surface area contributed by atoms with E-state index in [4.69, 9.17) is 11.6 Å². The highest BCUT2D eigenvalue weighted by Crippen LogP contribution is 2.20. The normalized spacial score (nSPS) is 11.4. The summed E-state index contributed by atoms with van der Waals surface area (Å²) in [5.74, 6) is 5.78. The van der Waals surface area contributed by atoms with E-state index < -0.39 is 0 Å². The lowest BCUT2D eigenvalue weighted by Crippen LogP contribution is -2.22. The van der Waals surface area contributed by atoms with Crippen molar-refractivity contribution in [1.29, 1.82) is 0 Å². The van der Waals surface area contributed by atoms with E-state index >= 15 is 0 Å². The molecule has 7 nitrogen and oxygen atoms in total. The third kappa shape index (κ3) is 3.14. The topological polar surface area (TPSA) is 123 Å². The number of anilines is 1. The second kappa shape index (κ2) is 6.74. The number of aromatic nitrogens is 3. The maximum atomic E-state index is 12.3. The summed E-state index contributed by atoms with van der Waals surface area (Å²) in [6.07, 6.45) is 0.188. The van der Waals surface area contributed by atoms with Gasteiger partial charge in [-0.1, -0.05) is 42.5 Å². The lowest BCUT2D eigenvalue weighted by atomic mass is 10.1. The Bertz CT molecular complexity index is 933. The molecule has 2 aromatic carbocycles. The molecule has 0 bridgehead atoms. The molecule has 0 radical (unpaired) electrons. The molecule has 7 heteroatoms. The van der Waals surface area contributed by atoms with E-state index in [1.807, 2.05) is 42.5 Å². The van der Waals surface area contributed by atoms with E-state index in [-0.39, 0.29) is 17.7 Å². The van der Waals surface area contributed by atoms with Crippen LogP contribution in [0, 0.1) is 0 Å². The Labute approximate surface area is 138 Å². The first-order valence-electron chi connectivity index (χ1n) is 7.32. The van der Waals surface area contributed by atoms with Gasteiger partial charge < -0.3 is 16.6 Å². The smallest absolute Gasteiger partial charge is 0.273 e. The van der Waals surface area contributed by atoms with Crippen molar-refractivity contribution in [3.05, 3.63) is 76.2 Å². The molecule has 0 saturated heterocycles. The fourth-order valence-corrected chi connectivity index (χ4v) is 2.32. The molecule has 0 atom stereocenters. The Kier molecular flexibility index (Phi) is 4.33. The Morgan fingerprint density at radius 3 is 2.42 bits per heavy atom. The number of nitrogens with one attached hydrogen (secondary N) is 1. The number of aromatic amines is 1. The molecule has 0 aliphatic heterocycles. The van der Waals surface area contributed by atoms with Crippen molar-refractivity contribution in [2.75, 3.05) is 5.73 Å². The molecule has 5 N–H and O–H groups in total. The summed E-state index contributed by atoms with van der Waals surface area (Å²) < 4.78 is 0. The van der Waals surface area contributed by atoms with Crippen molar-refractivity contribution in [2.24, 2.45) is 10.9 Å². The van der Waals surface area contributed by atoms with Gasteiger partial charge in [-0.2, -0.15) is 5.10 Å². The van der Waals surface area contributed by atoms with Gasteiger partial charge in [-0.15, -0.1) is 10.2 Å². The van der Waals surface area contributed by atoms with Gasteiger partial charge in [-0.3, -0.25) is 4.79 Å². The fraction of sp³-hybridized carbons (Fsp3) is 0.0588. The molecular formula is C17H16N6O.